The van der Waals surface area contributed by atoms with Gasteiger partial charge in [0.1, 0.15) is 5.56 Å². The number of hydrogen-bond acceptors (Lipinski definition) is 4. The van der Waals surface area contributed by atoms with E-state index in [1.54, 1.807) is 0 Å². The van der Waals surface area contributed by atoms with Gasteiger partial charge in [-0.1, -0.05) is 0 Å². The van der Waals surface area contributed by atoms with Crippen molar-refractivity contribution >= 4 is 11.8 Å². The van der Waals surface area contributed by atoms with Crippen LogP contribution in [-0.2, 0) is 0 Å². The summed E-state index contributed by atoms with van der Waals surface area (Å²) in [7, 11) is 0. The number of halogens is 4. The first-order valence-electron chi connectivity index (χ1n) is 4.29. The summed E-state index contributed by atoms with van der Waals surface area (Å²) in [6.07, 6.45) is -2.81. The SMILES string of the molecule is O=C(O)c1ccnnc1NCC(F)(F)C(F)F. The van der Waals surface area contributed by atoms with Gasteiger partial charge >= 0.3 is 18.3 Å². The molecule has 1 rings (SSSR count). The maximum Gasteiger partial charge on any atom is 0.339 e. The molecule has 0 aliphatic rings. The van der Waals surface area contributed by atoms with Gasteiger partial charge in [0.25, 0.3) is 0 Å². The number of hydrogen-bond donors (Lipinski definition) is 2. The first-order chi connectivity index (χ1) is 7.84. The molecular weight excluding hydrogens is 246 g/mol. The molecule has 0 bridgehead atoms. The Bertz CT molecular complexity index is 414. The summed E-state index contributed by atoms with van der Waals surface area (Å²) in [4.78, 5) is 10.6. The number of aromatic carboxylic acids is 1. The first-order valence-corrected chi connectivity index (χ1v) is 4.29. The highest BCUT2D eigenvalue weighted by Gasteiger charge is 2.40. The van der Waals surface area contributed by atoms with Crippen molar-refractivity contribution < 1.29 is 27.5 Å². The molecule has 2 N–H and O–H groups in total. The average molecular weight is 253 g/mol. The van der Waals surface area contributed by atoms with E-state index < -0.39 is 36.2 Å². The highest BCUT2D eigenvalue weighted by molar-refractivity contribution is 5.92. The highest BCUT2D eigenvalue weighted by Crippen LogP contribution is 2.23. The fourth-order valence-electron chi connectivity index (χ4n) is 0.914. The van der Waals surface area contributed by atoms with Gasteiger partial charge in [-0.15, -0.1) is 5.10 Å². The third-order valence-electron chi connectivity index (χ3n) is 1.76. The van der Waals surface area contributed by atoms with E-state index in [2.05, 4.69) is 10.2 Å². The van der Waals surface area contributed by atoms with E-state index in [9.17, 15) is 22.4 Å². The molecule has 0 amide bonds. The molecule has 0 saturated heterocycles. The third kappa shape index (κ3) is 3.26. The molecule has 0 aliphatic heterocycles. The largest absolute Gasteiger partial charge is 0.478 e. The van der Waals surface area contributed by atoms with Crippen molar-refractivity contribution in [2.24, 2.45) is 0 Å². The summed E-state index contributed by atoms with van der Waals surface area (Å²) >= 11 is 0. The van der Waals surface area contributed by atoms with Crippen LogP contribution >= 0.6 is 0 Å². The Balaban J connectivity index is 2.79. The lowest BCUT2D eigenvalue weighted by Crippen LogP contribution is -2.35. The van der Waals surface area contributed by atoms with Crippen molar-refractivity contribution in [2.75, 3.05) is 11.9 Å². The first kappa shape index (κ1) is 13.1. The third-order valence-corrected chi connectivity index (χ3v) is 1.76. The predicted molar refractivity (Wildman–Crippen MR) is 48.4 cm³/mol. The van der Waals surface area contributed by atoms with Gasteiger partial charge in [0.15, 0.2) is 5.82 Å². The van der Waals surface area contributed by atoms with Crippen LogP contribution in [0.25, 0.3) is 0 Å². The second-order valence-electron chi connectivity index (χ2n) is 3.01. The topological polar surface area (TPSA) is 75.1 Å². The lowest BCUT2D eigenvalue weighted by atomic mass is 10.2. The van der Waals surface area contributed by atoms with Crippen LogP contribution in [0.2, 0.25) is 0 Å². The fourth-order valence-corrected chi connectivity index (χ4v) is 0.914. The monoisotopic (exact) mass is 253 g/mol. The number of nitrogens with one attached hydrogen (secondary N) is 1. The molecule has 94 valence electrons. The number of alkyl halides is 4. The Hall–Kier alpha value is -1.93. The molecule has 5 nitrogen and oxygen atoms in total. The van der Waals surface area contributed by atoms with Crippen LogP contribution in [-0.4, -0.2) is 40.2 Å². The molecule has 0 saturated carbocycles. The molecule has 0 aliphatic carbocycles. The van der Waals surface area contributed by atoms with Crippen molar-refractivity contribution in [3.05, 3.63) is 17.8 Å². The van der Waals surface area contributed by atoms with Crippen LogP contribution in [0.4, 0.5) is 23.4 Å². The van der Waals surface area contributed by atoms with E-state index >= 15 is 0 Å². The van der Waals surface area contributed by atoms with E-state index in [1.165, 1.54) is 0 Å². The Morgan fingerprint density at radius 3 is 2.71 bits per heavy atom. The Kier molecular flexibility index (Phi) is 3.81. The van der Waals surface area contributed by atoms with Gasteiger partial charge in [0.05, 0.1) is 12.7 Å². The van der Waals surface area contributed by atoms with Gasteiger partial charge in [0, 0.05) is 0 Å². The van der Waals surface area contributed by atoms with Crippen molar-refractivity contribution in [2.45, 2.75) is 12.3 Å². The smallest absolute Gasteiger partial charge is 0.339 e. The van der Waals surface area contributed by atoms with Crippen LogP contribution in [0.1, 0.15) is 10.4 Å². The van der Waals surface area contributed by atoms with Crippen molar-refractivity contribution in [1.29, 1.82) is 0 Å². The van der Waals surface area contributed by atoms with E-state index in [1.807, 2.05) is 5.32 Å². The summed E-state index contributed by atoms with van der Waals surface area (Å²) in [6.45, 7) is -1.43. The van der Waals surface area contributed by atoms with E-state index in [-0.39, 0.29) is 0 Å². The molecule has 0 atom stereocenters. The van der Waals surface area contributed by atoms with E-state index in [0.717, 1.165) is 12.3 Å². The zero-order valence-electron chi connectivity index (χ0n) is 8.20. The van der Waals surface area contributed by atoms with Crippen LogP contribution in [0.15, 0.2) is 12.3 Å². The molecule has 0 fully saturated rings. The van der Waals surface area contributed by atoms with Crippen molar-refractivity contribution in [3.8, 4) is 0 Å². The van der Waals surface area contributed by atoms with Gasteiger partial charge < -0.3 is 10.4 Å². The molecule has 1 heterocycles. The second kappa shape index (κ2) is 4.93. The van der Waals surface area contributed by atoms with E-state index in [4.69, 9.17) is 5.11 Å². The zero-order chi connectivity index (χ0) is 13.1. The highest BCUT2D eigenvalue weighted by atomic mass is 19.3. The molecule has 1 aromatic heterocycles. The molecule has 0 spiro atoms. The van der Waals surface area contributed by atoms with Crippen molar-refractivity contribution in [1.82, 2.24) is 10.2 Å². The standard InChI is InChI=1S/C8H7F4N3O2/c9-7(10)8(11,12)3-13-5-4(6(16)17)1-2-14-15-5/h1-2,7H,3H2,(H,13,15)(H,16,17). The lowest BCUT2D eigenvalue weighted by molar-refractivity contribution is -0.117. The normalized spacial score (nSPS) is 11.6. The Labute approximate surface area is 92.5 Å². The number of aromatic nitrogens is 2. The van der Waals surface area contributed by atoms with Gasteiger partial charge in [-0.25, -0.2) is 13.6 Å². The fraction of sp³-hybridized carbons (Fsp3) is 0.375. The Morgan fingerprint density at radius 1 is 1.53 bits per heavy atom. The molecule has 0 radical (unpaired) electrons. The number of carboxylic acid groups (broad SMARTS) is 1. The maximum absolute atomic E-state index is 12.6. The number of nitrogens with zero attached hydrogens (tertiary/aromatic N) is 2. The van der Waals surface area contributed by atoms with Crippen LogP contribution < -0.4 is 5.32 Å². The minimum absolute atomic E-state index is 0.426. The van der Waals surface area contributed by atoms with Crippen LogP contribution in [0.3, 0.4) is 0 Å². The number of anilines is 1. The molecule has 1 aromatic rings. The summed E-state index contributed by atoms with van der Waals surface area (Å²) in [6, 6.07) is 1.01. The van der Waals surface area contributed by atoms with Gasteiger partial charge in [0.2, 0.25) is 0 Å². The minimum atomic E-state index is -4.27. The summed E-state index contributed by atoms with van der Waals surface area (Å²) in [5, 5.41) is 17.0. The van der Waals surface area contributed by atoms with E-state index in [0.29, 0.717) is 0 Å². The van der Waals surface area contributed by atoms with Gasteiger partial charge in [-0.3, -0.25) is 0 Å². The number of carboxylic acids is 1. The Morgan fingerprint density at radius 2 is 2.18 bits per heavy atom. The van der Waals surface area contributed by atoms with Gasteiger partial charge in [-0.05, 0) is 6.07 Å². The summed E-state index contributed by atoms with van der Waals surface area (Å²) < 4.78 is 48.8. The minimum Gasteiger partial charge on any atom is -0.478 e. The van der Waals surface area contributed by atoms with Crippen molar-refractivity contribution in [3.63, 3.8) is 0 Å². The average Bonchev–Trinajstić information content (AvgIpc) is 2.26. The summed E-state index contributed by atoms with van der Waals surface area (Å²) in [5.41, 5.74) is -0.426. The zero-order valence-corrected chi connectivity index (χ0v) is 8.20. The molecule has 9 heteroatoms. The molecule has 0 aromatic carbocycles. The molecular formula is C8H7F4N3O2. The summed E-state index contributed by atoms with van der Waals surface area (Å²) in [5.74, 6) is -6.18. The predicted octanol–water partition coefficient (Wildman–Crippen LogP) is 1.49. The molecule has 0 unspecified atom stereocenters. The quantitative estimate of drug-likeness (QED) is 0.777. The molecule has 17 heavy (non-hydrogen) atoms. The van der Waals surface area contributed by atoms with Crippen LogP contribution in [0, 0.1) is 0 Å². The number of rotatable bonds is 5. The second-order valence-corrected chi connectivity index (χ2v) is 3.01. The number of carbonyl (C=O) groups is 1. The maximum atomic E-state index is 12.6. The van der Waals surface area contributed by atoms with Crippen LogP contribution in [0.5, 0.6) is 0 Å². The lowest BCUT2D eigenvalue weighted by Gasteiger charge is -2.16. The van der Waals surface area contributed by atoms with Gasteiger partial charge in [-0.2, -0.15) is 13.9 Å².